The molecule has 0 aromatic heterocycles. The Morgan fingerprint density at radius 1 is 0.900 bits per heavy atom. The second-order valence-corrected chi connectivity index (χ2v) is 1.39. The van der Waals surface area contributed by atoms with Gasteiger partial charge < -0.3 is 10.2 Å². The molecular weight excluding hydrogens is 142 g/mol. The van der Waals surface area contributed by atoms with Crippen LogP contribution in [-0.4, -0.2) is 22.2 Å². The van der Waals surface area contributed by atoms with Crippen LogP contribution in [0.3, 0.4) is 0 Å². The number of carboxylic acids is 2. The van der Waals surface area contributed by atoms with Gasteiger partial charge in [-0.15, -0.1) is 0 Å². The Hall–Kier alpha value is -1.58. The predicted octanol–water partition coefficient (Wildman–Crippen LogP) is 0.268. The molecule has 0 aliphatic heterocycles. The zero-order chi connectivity index (χ0) is 7.98. The van der Waals surface area contributed by atoms with Crippen molar-refractivity contribution < 1.29 is 19.8 Å². The molecule has 2 N–H and O–H groups in total. The standard InChI is InChI=1S/C6H6O4/c7-5(8)3-1-2-4-6(9)10/h1-4H,(H,7,8)(H,9,10)/b3-1+,4-2+/i1+1,2+1,3+1,4+1,5+1,6+1. The predicted molar refractivity (Wildman–Crippen MR) is 33.6 cm³/mol. The lowest BCUT2D eigenvalue weighted by molar-refractivity contribution is -0.132. The van der Waals surface area contributed by atoms with E-state index in [2.05, 4.69) is 0 Å². The van der Waals surface area contributed by atoms with Crippen molar-refractivity contribution in [3.63, 3.8) is 0 Å². The minimum atomic E-state index is -1.10. The maximum atomic E-state index is 9.78. The number of allylic oxidation sites excluding steroid dienone is 2. The molecule has 0 fully saturated rings. The molecule has 0 spiro atoms. The summed E-state index contributed by atoms with van der Waals surface area (Å²) in [5, 5.41) is 16.0. The van der Waals surface area contributed by atoms with Gasteiger partial charge in [0, 0.05) is 12.2 Å². The summed E-state index contributed by atoms with van der Waals surface area (Å²) in [5.74, 6) is -2.20. The van der Waals surface area contributed by atoms with Gasteiger partial charge in [-0.2, -0.15) is 0 Å². The highest BCUT2D eigenvalue weighted by Crippen LogP contribution is 1.76. The minimum absolute atomic E-state index is 0.847. The number of aliphatic carboxylic acids is 2. The molecule has 0 bridgehead atoms. The molecule has 0 amide bonds. The number of hydrogen-bond donors (Lipinski definition) is 2. The van der Waals surface area contributed by atoms with E-state index in [4.69, 9.17) is 10.2 Å². The van der Waals surface area contributed by atoms with Gasteiger partial charge in [0.05, 0.1) is 0 Å². The van der Waals surface area contributed by atoms with Crippen LogP contribution in [0.2, 0.25) is 0 Å². The zero-order valence-electron chi connectivity index (χ0n) is 5.02. The van der Waals surface area contributed by atoms with Gasteiger partial charge in [-0.25, -0.2) is 9.59 Å². The Balaban J connectivity index is 3.73. The number of rotatable bonds is 3. The zero-order valence-corrected chi connectivity index (χ0v) is 5.02. The first-order valence-corrected chi connectivity index (χ1v) is 2.43. The van der Waals surface area contributed by atoms with Crippen molar-refractivity contribution in [1.29, 1.82) is 0 Å². The summed E-state index contributed by atoms with van der Waals surface area (Å²) in [5.41, 5.74) is 0. The number of hydrogen-bond acceptors (Lipinski definition) is 2. The Kier molecular flexibility index (Phi) is 3.63. The average Bonchev–Trinajstić information content (AvgIpc) is 1.79. The summed E-state index contributed by atoms with van der Waals surface area (Å²) >= 11 is 0. The fourth-order valence-electron chi connectivity index (χ4n) is 0.276. The number of carboxylic acid groups (broad SMARTS) is 2. The first-order valence-electron chi connectivity index (χ1n) is 2.43. The van der Waals surface area contributed by atoms with Gasteiger partial charge in [-0.05, 0) is 0 Å². The molecule has 0 radical (unpaired) electrons. The lowest BCUT2D eigenvalue weighted by Crippen LogP contribution is -1.86. The van der Waals surface area contributed by atoms with Crippen LogP contribution in [0.15, 0.2) is 24.3 Å². The van der Waals surface area contributed by atoms with Gasteiger partial charge in [0.15, 0.2) is 0 Å². The highest BCUT2D eigenvalue weighted by atomic mass is 16.5. The summed E-state index contributed by atoms with van der Waals surface area (Å²) in [7, 11) is 0. The topological polar surface area (TPSA) is 74.6 Å². The fourth-order valence-corrected chi connectivity index (χ4v) is 0.276. The van der Waals surface area contributed by atoms with Crippen LogP contribution in [0.25, 0.3) is 0 Å². The molecule has 0 aromatic rings. The van der Waals surface area contributed by atoms with Crippen LogP contribution < -0.4 is 0 Å². The highest BCUT2D eigenvalue weighted by Gasteiger charge is 1.83. The normalized spacial score (nSPS) is 10.8. The molecule has 0 atom stereocenters. The quantitative estimate of drug-likeness (QED) is 0.342. The molecule has 0 rings (SSSR count). The van der Waals surface area contributed by atoms with Crippen molar-refractivity contribution in [1.82, 2.24) is 0 Å². The average molecular weight is 148 g/mol. The third-order valence-electron chi connectivity index (χ3n) is 0.589. The molecule has 0 saturated carbocycles. The lowest BCUT2D eigenvalue weighted by atomic mass is 11.4. The summed E-state index contributed by atoms with van der Waals surface area (Å²) in [6.07, 6.45) is 3.96. The van der Waals surface area contributed by atoms with Gasteiger partial charge >= 0.3 is 11.9 Å². The van der Waals surface area contributed by atoms with Crippen molar-refractivity contribution in [2.75, 3.05) is 0 Å². The van der Waals surface area contributed by atoms with E-state index in [1.807, 2.05) is 0 Å². The summed E-state index contributed by atoms with van der Waals surface area (Å²) in [4.78, 5) is 19.6. The van der Waals surface area contributed by atoms with Gasteiger partial charge in [-0.1, -0.05) is 12.2 Å². The molecule has 0 heterocycles. The molecular formula is C6H6O4. The van der Waals surface area contributed by atoms with Gasteiger partial charge in [0.25, 0.3) is 0 Å². The highest BCUT2D eigenvalue weighted by molar-refractivity contribution is 5.82. The van der Waals surface area contributed by atoms with Crippen LogP contribution in [-0.2, 0) is 9.59 Å². The molecule has 0 aromatic carbocycles. The van der Waals surface area contributed by atoms with Crippen molar-refractivity contribution >= 4 is 11.9 Å². The molecule has 0 aliphatic rings. The van der Waals surface area contributed by atoms with Gasteiger partial charge in [0.2, 0.25) is 0 Å². The van der Waals surface area contributed by atoms with Crippen LogP contribution in [0.4, 0.5) is 0 Å². The fraction of sp³-hybridized carbons (Fsp3) is 0. The monoisotopic (exact) mass is 148 g/mol. The Bertz CT molecular complexity index is 168. The second kappa shape index (κ2) is 4.31. The largest absolute Gasteiger partial charge is 0.478 e. The van der Waals surface area contributed by atoms with Crippen molar-refractivity contribution in [3.05, 3.63) is 24.3 Å². The van der Waals surface area contributed by atoms with E-state index in [0.717, 1.165) is 24.3 Å². The molecule has 54 valence electrons. The molecule has 4 nitrogen and oxygen atoms in total. The van der Waals surface area contributed by atoms with Gasteiger partial charge in [0.1, 0.15) is 0 Å². The van der Waals surface area contributed by atoms with E-state index in [-0.39, 0.29) is 0 Å². The molecule has 4 heteroatoms. The maximum Gasteiger partial charge on any atom is 0.328 e. The van der Waals surface area contributed by atoms with Gasteiger partial charge in [-0.3, -0.25) is 0 Å². The summed E-state index contributed by atoms with van der Waals surface area (Å²) in [6, 6.07) is 0. The van der Waals surface area contributed by atoms with Crippen LogP contribution in [0, 0.1) is 0 Å². The first-order chi connectivity index (χ1) is 4.63. The lowest BCUT2D eigenvalue weighted by Gasteiger charge is -1.75. The SMILES string of the molecule is O=[13C](O)/[13CH]=[13CH]/[13CH]=[13CH]/[13C](=O)O. The third-order valence-corrected chi connectivity index (χ3v) is 0.589. The Labute approximate surface area is 57.1 Å². The van der Waals surface area contributed by atoms with E-state index >= 15 is 0 Å². The second-order valence-electron chi connectivity index (χ2n) is 1.39. The molecule has 0 saturated heterocycles. The van der Waals surface area contributed by atoms with Crippen LogP contribution in [0.5, 0.6) is 0 Å². The summed E-state index contributed by atoms with van der Waals surface area (Å²) in [6.45, 7) is 0. The first kappa shape index (κ1) is 8.42. The molecule has 0 unspecified atom stereocenters. The maximum absolute atomic E-state index is 9.78. The Morgan fingerprint density at radius 3 is 1.40 bits per heavy atom. The van der Waals surface area contributed by atoms with Crippen LogP contribution >= 0.6 is 0 Å². The number of carbonyl (C=O) groups is 2. The minimum Gasteiger partial charge on any atom is -0.478 e. The van der Waals surface area contributed by atoms with Crippen LogP contribution in [0.1, 0.15) is 0 Å². The van der Waals surface area contributed by atoms with E-state index in [1.54, 1.807) is 0 Å². The van der Waals surface area contributed by atoms with Crippen molar-refractivity contribution in [2.24, 2.45) is 0 Å². The Morgan fingerprint density at radius 2 is 1.20 bits per heavy atom. The van der Waals surface area contributed by atoms with E-state index in [1.165, 1.54) is 0 Å². The molecule has 0 aliphatic carbocycles. The van der Waals surface area contributed by atoms with E-state index in [9.17, 15) is 9.59 Å². The smallest absolute Gasteiger partial charge is 0.328 e. The van der Waals surface area contributed by atoms with Crippen molar-refractivity contribution in [2.45, 2.75) is 0 Å². The molecule has 10 heavy (non-hydrogen) atoms. The summed E-state index contributed by atoms with van der Waals surface area (Å²) < 4.78 is 0. The van der Waals surface area contributed by atoms with E-state index in [0.29, 0.717) is 0 Å². The third kappa shape index (κ3) is 6.42. The van der Waals surface area contributed by atoms with E-state index < -0.39 is 11.9 Å². The van der Waals surface area contributed by atoms with Crippen molar-refractivity contribution in [3.8, 4) is 0 Å².